The van der Waals surface area contributed by atoms with E-state index in [1.165, 1.54) is 19.3 Å². The number of carbonyl (C=O) groups is 2. The summed E-state index contributed by atoms with van der Waals surface area (Å²) in [7, 11) is 0. The number of hydrogen-bond acceptors (Lipinski definition) is 2. The molecule has 1 saturated carbocycles. The van der Waals surface area contributed by atoms with E-state index in [2.05, 4.69) is 5.32 Å². The van der Waals surface area contributed by atoms with Gasteiger partial charge in [0.1, 0.15) is 0 Å². The topological polar surface area (TPSA) is 49.4 Å². The van der Waals surface area contributed by atoms with E-state index in [1.54, 1.807) is 0 Å². The molecule has 2 amide bonds. The molecule has 90 valence electrons. The van der Waals surface area contributed by atoms with Gasteiger partial charge in [0.05, 0.1) is 6.54 Å². The van der Waals surface area contributed by atoms with Crippen molar-refractivity contribution in [3.05, 3.63) is 0 Å². The fourth-order valence-corrected chi connectivity index (χ4v) is 2.87. The summed E-state index contributed by atoms with van der Waals surface area (Å²) >= 11 is 0. The predicted molar refractivity (Wildman–Crippen MR) is 60.8 cm³/mol. The van der Waals surface area contributed by atoms with E-state index < -0.39 is 0 Å². The summed E-state index contributed by atoms with van der Waals surface area (Å²) in [5.41, 5.74) is 0. The summed E-state index contributed by atoms with van der Waals surface area (Å²) in [5, 5.41) is 2.66. The molecule has 2 fully saturated rings. The first-order valence-electron chi connectivity index (χ1n) is 6.26. The monoisotopic (exact) mass is 224 g/mol. The van der Waals surface area contributed by atoms with Gasteiger partial charge in [-0.1, -0.05) is 19.3 Å². The van der Waals surface area contributed by atoms with E-state index in [4.69, 9.17) is 0 Å². The summed E-state index contributed by atoms with van der Waals surface area (Å²) in [6.45, 7) is 2.16. The lowest BCUT2D eigenvalue weighted by atomic mass is 9.93. The molecule has 0 aromatic rings. The number of nitrogens with zero attached hydrogens (tertiary/aromatic N) is 1. The van der Waals surface area contributed by atoms with Crippen LogP contribution >= 0.6 is 0 Å². The Morgan fingerprint density at radius 3 is 2.56 bits per heavy atom. The Morgan fingerprint density at radius 1 is 1.19 bits per heavy atom. The minimum Gasteiger partial charge on any atom is -0.347 e. The largest absolute Gasteiger partial charge is 0.347 e. The molecule has 4 heteroatoms. The first-order valence-corrected chi connectivity index (χ1v) is 6.26. The van der Waals surface area contributed by atoms with Gasteiger partial charge in [0.2, 0.25) is 11.8 Å². The van der Waals surface area contributed by atoms with Gasteiger partial charge in [0.15, 0.2) is 0 Å². The van der Waals surface area contributed by atoms with E-state index in [1.807, 2.05) is 11.8 Å². The summed E-state index contributed by atoms with van der Waals surface area (Å²) in [4.78, 5) is 25.3. The molecule has 0 radical (unpaired) electrons. The van der Waals surface area contributed by atoms with Crippen LogP contribution in [0.3, 0.4) is 0 Å². The van der Waals surface area contributed by atoms with Gasteiger partial charge in [-0.25, -0.2) is 0 Å². The lowest BCUT2D eigenvalue weighted by Gasteiger charge is -2.37. The standard InChI is InChI=1S/C12H20N2O2/c1-9-7-11(15)13-8-12(16)14(9)10-5-3-2-4-6-10/h9-10H,2-8H2,1H3,(H,13,15). The highest BCUT2D eigenvalue weighted by molar-refractivity contribution is 5.87. The molecule has 4 nitrogen and oxygen atoms in total. The van der Waals surface area contributed by atoms with E-state index in [0.717, 1.165) is 12.8 Å². The molecule has 1 saturated heterocycles. The van der Waals surface area contributed by atoms with Crippen LogP contribution in [-0.2, 0) is 9.59 Å². The Bertz CT molecular complexity index is 285. The molecule has 1 unspecified atom stereocenters. The van der Waals surface area contributed by atoms with Crippen molar-refractivity contribution in [3.63, 3.8) is 0 Å². The highest BCUT2D eigenvalue weighted by Gasteiger charge is 2.32. The van der Waals surface area contributed by atoms with Crippen LogP contribution in [-0.4, -0.2) is 35.3 Å². The normalized spacial score (nSPS) is 28.8. The molecular formula is C12H20N2O2. The highest BCUT2D eigenvalue weighted by Crippen LogP contribution is 2.25. The summed E-state index contributed by atoms with van der Waals surface area (Å²) in [5.74, 6) is 0.0874. The van der Waals surface area contributed by atoms with Crippen molar-refractivity contribution >= 4 is 11.8 Å². The third-order valence-corrected chi connectivity index (χ3v) is 3.65. The van der Waals surface area contributed by atoms with Gasteiger partial charge in [-0.15, -0.1) is 0 Å². The van der Waals surface area contributed by atoms with Gasteiger partial charge in [-0.05, 0) is 19.8 Å². The molecule has 1 aliphatic carbocycles. The molecular weight excluding hydrogens is 204 g/mol. The van der Waals surface area contributed by atoms with Crippen LogP contribution in [0.4, 0.5) is 0 Å². The van der Waals surface area contributed by atoms with Crippen molar-refractivity contribution in [3.8, 4) is 0 Å². The van der Waals surface area contributed by atoms with Crippen molar-refractivity contribution in [2.24, 2.45) is 0 Å². The Balaban J connectivity index is 2.09. The maximum Gasteiger partial charge on any atom is 0.242 e. The summed E-state index contributed by atoms with van der Waals surface area (Å²) in [6, 6.07) is 0.419. The Kier molecular flexibility index (Phi) is 3.46. The number of carbonyl (C=O) groups excluding carboxylic acids is 2. The molecule has 1 heterocycles. The molecule has 0 bridgehead atoms. The lowest BCUT2D eigenvalue weighted by molar-refractivity contribution is -0.134. The Morgan fingerprint density at radius 2 is 1.88 bits per heavy atom. The van der Waals surface area contributed by atoms with Crippen LogP contribution in [0.5, 0.6) is 0 Å². The van der Waals surface area contributed by atoms with Gasteiger partial charge in [0, 0.05) is 18.5 Å². The second-order valence-electron chi connectivity index (χ2n) is 4.92. The maximum atomic E-state index is 12.0. The molecule has 0 spiro atoms. The molecule has 1 atom stereocenters. The minimum absolute atomic E-state index is 0.000778. The van der Waals surface area contributed by atoms with E-state index >= 15 is 0 Å². The zero-order valence-corrected chi connectivity index (χ0v) is 9.87. The van der Waals surface area contributed by atoms with Gasteiger partial charge < -0.3 is 10.2 Å². The molecule has 0 aromatic heterocycles. The maximum absolute atomic E-state index is 12.0. The molecule has 2 aliphatic rings. The van der Waals surface area contributed by atoms with Crippen LogP contribution in [0.2, 0.25) is 0 Å². The van der Waals surface area contributed by atoms with E-state index in [-0.39, 0.29) is 24.4 Å². The van der Waals surface area contributed by atoms with Crippen LogP contribution in [0.25, 0.3) is 0 Å². The SMILES string of the molecule is CC1CC(=O)NCC(=O)N1C1CCCCC1. The molecule has 16 heavy (non-hydrogen) atoms. The van der Waals surface area contributed by atoms with Gasteiger partial charge in [0.25, 0.3) is 0 Å². The average molecular weight is 224 g/mol. The summed E-state index contributed by atoms with van der Waals surface area (Å²) < 4.78 is 0. The zero-order valence-electron chi connectivity index (χ0n) is 9.87. The van der Waals surface area contributed by atoms with Crippen molar-refractivity contribution in [2.45, 2.75) is 57.5 Å². The van der Waals surface area contributed by atoms with Crippen molar-refractivity contribution in [1.82, 2.24) is 10.2 Å². The third kappa shape index (κ3) is 2.36. The van der Waals surface area contributed by atoms with Gasteiger partial charge >= 0.3 is 0 Å². The van der Waals surface area contributed by atoms with Crippen LogP contribution in [0, 0.1) is 0 Å². The second kappa shape index (κ2) is 4.85. The highest BCUT2D eigenvalue weighted by atomic mass is 16.2. The first-order chi connectivity index (χ1) is 7.68. The fourth-order valence-electron chi connectivity index (χ4n) is 2.87. The molecule has 1 N–H and O–H groups in total. The molecule has 2 rings (SSSR count). The van der Waals surface area contributed by atoms with Gasteiger partial charge in [-0.3, -0.25) is 9.59 Å². The van der Waals surface area contributed by atoms with E-state index in [9.17, 15) is 9.59 Å². The zero-order chi connectivity index (χ0) is 11.5. The third-order valence-electron chi connectivity index (χ3n) is 3.65. The second-order valence-corrected chi connectivity index (χ2v) is 4.92. The summed E-state index contributed by atoms with van der Waals surface area (Å²) in [6.07, 6.45) is 6.35. The van der Waals surface area contributed by atoms with Crippen molar-refractivity contribution in [2.75, 3.05) is 6.54 Å². The van der Waals surface area contributed by atoms with Crippen LogP contribution in [0.1, 0.15) is 45.4 Å². The van der Waals surface area contributed by atoms with E-state index in [0.29, 0.717) is 12.5 Å². The smallest absolute Gasteiger partial charge is 0.242 e. The number of hydrogen-bond donors (Lipinski definition) is 1. The van der Waals surface area contributed by atoms with Crippen molar-refractivity contribution < 1.29 is 9.59 Å². The Hall–Kier alpha value is -1.06. The lowest BCUT2D eigenvalue weighted by Crippen LogP contribution is -2.47. The number of nitrogens with one attached hydrogen (secondary N) is 1. The fraction of sp³-hybridized carbons (Fsp3) is 0.833. The number of amides is 2. The minimum atomic E-state index is -0.000778. The molecule has 0 aromatic carbocycles. The van der Waals surface area contributed by atoms with Crippen LogP contribution in [0.15, 0.2) is 0 Å². The average Bonchev–Trinajstić information content (AvgIpc) is 2.39. The Labute approximate surface area is 96.4 Å². The number of rotatable bonds is 1. The molecule has 1 aliphatic heterocycles. The van der Waals surface area contributed by atoms with Gasteiger partial charge in [-0.2, -0.15) is 0 Å². The van der Waals surface area contributed by atoms with Crippen molar-refractivity contribution in [1.29, 1.82) is 0 Å². The quantitative estimate of drug-likeness (QED) is 0.724. The first kappa shape index (κ1) is 11.4. The predicted octanol–water partition coefficient (Wildman–Crippen LogP) is 1.06. The van der Waals surface area contributed by atoms with Crippen LogP contribution < -0.4 is 5.32 Å².